The molecule has 0 saturated carbocycles. The van der Waals surface area contributed by atoms with E-state index in [9.17, 15) is 0 Å². The van der Waals surface area contributed by atoms with Gasteiger partial charge in [-0.05, 0) is 21.9 Å². The van der Waals surface area contributed by atoms with Crippen LogP contribution in [-0.4, -0.2) is 21.9 Å². The molecule has 0 unspecified atom stereocenters. The Morgan fingerprint density at radius 3 is 0.429 bits per heavy atom. The first-order valence-corrected chi connectivity index (χ1v) is 0. The van der Waals surface area contributed by atoms with Gasteiger partial charge in [0, 0.05) is 0 Å². The molecule has 0 N–H and O–H groups in total. The van der Waals surface area contributed by atoms with Crippen molar-refractivity contribution in [2.75, 3.05) is 0 Å². The molecule has 58 valence electrons. The third-order valence-corrected chi connectivity index (χ3v) is 0. The fourth-order valence-electron chi connectivity index (χ4n) is 0. The van der Waals surface area contributed by atoms with Crippen molar-refractivity contribution in [1.82, 2.24) is 0 Å². The van der Waals surface area contributed by atoms with Crippen LogP contribution in [0, 0.1) is 74.6 Å². The average molecular weight is 447 g/mol. The molecule has 0 saturated heterocycles. The molecule has 0 spiro atoms. The summed E-state index contributed by atoms with van der Waals surface area (Å²) in [5.74, 6) is 0. The van der Waals surface area contributed by atoms with E-state index in [1.54, 1.807) is 0 Å². The minimum absolute atomic E-state index is 0. The Kier molecular flexibility index (Phi) is 939. The molecule has 0 atom stereocenters. The molecule has 7 heteroatoms. The van der Waals surface area contributed by atoms with E-state index in [1.165, 1.54) is 0 Å². The van der Waals surface area contributed by atoms with E-state index in [0.717, 1.165) is 0 Å². The van der Waals surface area contributed by atoms with E-state index < -0.39 is 0 Å². The molecule has 0 aliphatic heterocycles. The van der Waals surface area contributed by atoms with Gasteiger partial charge in [-0.2, -0.15) is 0 Å². The van der Waals surface area contributed by atoms with E-state index in [2.05, 4.69) is 0 Å². The van der Waals surface area contributed by atoms with Gasteiger partial charge in [0.05, 0.1) is 0 Å². The van der Waals surface area contributed by atoms with Crippen LogP contribution in [0.4, 0.5) is 0 Å². The average Bonchev–Trinajstić information content (AvgIpc) is 0. The topological polar surface area (TPSA) is 85.5 Å². The zero-order chi connectivity index (χ0) is 0. The van der Waals surface area contributed by atoms with Crippen LogP contribution in [0.3, 0.4) is 0 Å². The van der Waals surface area contributed by atoms with Gasteiger partial charge in [0.2, 0.25) is 0 Å². The Morgan fingerprint density at radius 1 is 0.429 bits per heavy atom. The second-order valence-electron chi connectivity index (χ2n) is 0. The summed E-state index contributed by atoms with van der Waals surface area (Å²) >= 11 is 0. The van der Waals surface area contributed by atoms with E-state index in [0.29, 0.717) is 0 Å². The van der Waals surface area contributed by atoms with Gasteiger partial charge in [-0.25, -0.2) is 0 Å². The van der Waals surface area contributed by atoms with Crippen molar-refractivity contribution in [2.45, 2.75) is 0 Å². The van der Waals surface area contributed by atoms with E-state index in [1.807, 2.05) is 0 Å². The molecule has 0 bridgehead atoms. The van der Waals surface area contributed by atoms with Gasteiger partial charge >= 0.3 is 74.6 Å². The van der Waals surface area contributed by atoms with Crippen LogP contribution in [0.25, 0.3) is 0 Å². The van der Waals surface area contributed by atoms with Gasteiger partial charge in [0.1, 0.15) is 0 Å². The predicted molar refractivity (Wildman–Crippen MR) is 24.7 cm³/mol. The Hall–Kier alpha value is 2.81. The molecular weight excluding hydrogens is 439 g/mol. The normalized spacial score (nSPS) is 0. The van der Waals surface area contributed by atoms with Crippen molar-refractivity contribution >= 4 is 21.9 Å². The van der Waals surface area contributed by atoms with Crippen LogP contribution in [-0.2, 0) is 16.4 Å². The molecule has 0 aliphatic carbocycles. The standard InChI is InChI=1S/2Er.3O.2H4Si/h;;;;;2*1H4/q2*+3;3*-2;;. The van der Waals surface area contributed by atoms with Gasteiger partial charge in [-0.3, -0.25) is 0 Å². The van der Waals surface area contributed by atoms with Crippen LogP contribution in [0.1, 0.15) is 0 Å². The molecule has 0 rings (SSSR count). The van der Waals surface area contributed by atoms with E-state index in [4.69, 9.17) is 0 Å². The van der Waals surface area contributed by atoms with Crippen LogP contribution >= 0.6 is 0 Å². The number of rotatable bonds is 0. The maximum atomic E-state index is 0. The molecule has 0 heterocycles. The molecule has 0 aromatic heterocycles. The Balaban J connectivity index is 0. The summed E-state index contributed by atoms with van der Waals surface area (Å²) in [7, 11) is 0. The Bertz CT molecular complexity index is 10.9. The van der Waals surface area contributed by atoms with Crippen molar-refractivity contribution in [1.29, 1.82) is 0 Å². The first-order chi connectivity index (χ1) is 0. The van der Waals surface area contributed by atoms with E-state index in [-0.39, 0.29) is 113 Å². The predicted octanol–water partition coefficient (Wildman–Crippen LogP) is -3.26. The minimum Gasteiger partial charge on any atom is -2.00 e. The fraction of sp³-hybridized carbons (Fsp3) is 0. The summed E-state index contributed by atoms with van der Waals surface area (Å²) in [5, 5.41) is 0. The zero-order valence-corrected chi connectivity index (χ0v) is 5.51. The summed E-state index contributed by atoms with van der Waals surface area (Å²) in [5.41, 5.74) is 0. The van der Waals surface area contributed by atoms with Gasteiger partial charge < -0.3 is 16.4 Å². The molecule has 0 aromatic rings. The van der Waals surface area contributed by atoms with Crippen molar-refractivity contribution in [3.63, 3.8) is 0 Å². The molecule has 0 amide bonds. The minimum atomic E-state index is 0. The molecular formula is H8Er2O3Si2. The summed E-state index contributed by atoms with van der Waals surface area (Å²) < 4.78 is 0. The van der Waals surface area contributed by atoms with Crippen LogP contribution in [0.5, 0.6) is 0 Å². The number of hydrogen-bond donors (Lipinski definition) is 0. The van der Waals surface area contributed by atoms with Gasteiger partial charge in [0.15, 0.2) is 0 Å². The maximum absolute atomic E-state index is 0. The van der Waals surface area contributed by atoms with Crippen LogP contribution in [0.15, 0.2) is 0 Å². The largest absolute Gasteiger partial charge is 3.00 e. The SMILES string of the molecule is [Er+3].[Er+3].[O-2].[O-2].[O-2].[SiH4].[SiH4]. The monoisotopic (exact) mass is 444 g/mol. The molecule has 3 nitrogen and oxygen atoms in total. The zero-order valence-electron chi connectivity index (χ0n) is 1.80. The van der Waals surface area contributed by atoms with Crippen molar-refractivity contribution in [3.05, 3.63) is 0 Å². The first-order valence-electron chi connectivity index (χ1n) is 0. The second-order valence-corrected chi connectivity index (χ2v) is 0. The summed E-state index contributed by atoms with van der Waals surface area (Å²) in [6.07, 6.45) is 0. The van der Waals surface area contributed by atoms with Gasteiger partial charge in [-0.1, -0.05) is 0 Å². The van der Waals surface area contributed by atoms with Gasteiger partial charge in [0.25, 0.3) is 0 Å². The summed E-state index contributed by atoms with van der Waals surface area (Å²) in [4.78, 5) is 0. The molecule has 0 aliphatic rings. The van der Waals surface area contributed by atoms with Crippen molar-refractivity contribution < 1.29 is 91.0 Å². The first kappa shape index (κ1) is 96.5. The third kappa shape index (κ3) is 51.8. The second kappa shape index (κ2) is 68.1. The smallest absolute Gasteiger partial charge is 2.00 e. The Labute approximate surface area is 111 Å². The molecule has 0 aromatic carbocycles. The van der Waals surface area contributed by atoms with E-state index >= 15 is 0 Å². The van der Waals surface area contributed by atoms with Gasteiger partial charge in [-0.15, -0.1) is 0 Å². The quantitative estimate of drug-likeness (QED) is 0.350. The Morgan fingerprint density at radius 2 is 0.429 bits per heavy atom. The summed E-state index contributed by atoms with van der Waals surface area (Å²) in [6, 6.07) is 0. The molecule has 2 radical (unpaired) electrons. The van der Waals surface area contributed by atoms with Crippen molar-refractivity contribution in [3.8, 4) is 0 Å². The fourth-order valence-corrected chi connectivity index (χ4v) is 0. The van der Waals surface area contributed by atoms with Crippen LogP contribution < -0.4 is 0 Å². The third-order valence-electron chi connectivity index (χ3n) is 0. The molecule has 7 heavy (non-hydrogen) atoms. The van der Waals surface area contributed by atoms with Crippen molar-refractivity contribution in [2.24, 2.45) is 0 Å². The number of hydrogen-bond acceptors (Lipinski definition) is 0. The molecule has 0 fully saturated rings. The maximum Gasteiger partial charge on any atom is 3.00 e. The summed E-state index contributed by atoms with van der Waals surface area (Å²) in [6.45, 7) is 0. The van der Waals surface area contributed by atoms with Crippen LogP contribution in [0.2, 0.25) is 0 Å².